The lowest BCUT2D eigenvalue weighted by Crippen LogP contribution is -2.35. The Hall–Kier alpha value is -4.35. The molecule has 0 saturated carbocycles. The lowest BCUT2D eigenvalue weighted by atomic mass is 9.77. The molecule has 5 aromatic rings. The molecule has 0 radical (unpaired) electrons. The molecular formula is C38H34O4S. The summed E-state index contributed by atoms with van der Waals surface area (Å²) in [5.41, 5.74) is 7.18. The van der Waals surface area contributed by atoms with Gasteiger partial charge in [-0.25, -0.2) is 0 Å². The Bertz CT molecular complexity index is 1860. The number of thioether (sulfide) groups is 1. The molecule has 0 amide bonds. The van der Waals surface area contributed by atoms with Crippen LogP contribution in [0.25, 0.3) is 28.0 Å². The Morgan fingerprint density at radius 1 is 0.721 bits per heavy atom. The summed E-state index contributed by atoms with van der Waals surface area (Å²) in [7, 11) is 5.12. The normalized spacial score (nSPS) is 15.3. The van der Waals surface area contributed by atoms with E-state index in [2.05, 4.69) is 92.9 Å². The van der Waals surface area contributed by atoms with E-state index in [0.29, 0.717) is 0 Å². The van der Waals surface area contributed by atoms with Gasteiger partial charge in [0.1, 0.15) is 23.0 Å². The first-order valence-electron chi connectivity index (χ1n) is 14.4. The molecule has 5 aromatic carbocycles. The highest BCUT2D eigenvalue weighted by Gasteiger charge is 2.44. The number of hydrogen-bond acceptors (Lipinski definition) is 5. The van der Waals surface area contributed by atoms with E-state index in [4.69, 9.17) is 18.9 Å². The van der Waals surface area contributed by atoms with Crippen LogP contribution in [-0.4, -0.2) is 27.6 Å². The molecule has 0 bridgehead atoms. The van der Waals surface area contributed by atoms with Gasteiger partial charge in [-0.2, -0.15) is 0 Å². The van der Waals surface area contributed by atoms with Crippen molar-refractivity contribution in [1.29, 1.82) is 0 Å². The first kappa shape index (κ1) is 27.5. The highest BCUT2D eigenvalue weighted by atomic mass is 32.2. The SMILES string of the molecule is COc1ccc(C2(c3ccc(OC)cc3)C=Cc3c4c(c5cc(OC)c(SC)cc5c3O2)-c2ccccc2C4(C)C)cc1. The van der Waals surface area contributed by atoms with Crippen LogP contribution in [0.5, 0.6) is 23.0 Å². The quantitative estimate of drug-likeness (QED) is 0.185. The van der Waals surface area contributed by atoms with Crippen LogP contribution in [-0.2, 0) is 11.0 Å². The fourth-order valence-corrected chi connectivity index (χ4v) is 7.51. The molecule has 1 heterocycles. The number of benzene rings is 5. The smallest absolute Gasteiger partial charge is 0.178 e. The number of hydrogen-bond donors (Lipinski definition) is 0. The average Bonchev–Trinajstić information content (AvgIpc) is 3.30. The van der Waals surface area contributed by atoms with E-state index in [-0.39, 0.29) is 5.41 Å². The van der Waals surface area contributed by atoms with Gasteiger partial charge in [0.15, 0.2) is 5.60 Å². The molecule has 2 aliphatic rings. The second-order valence-electron chi connectivity index (χ2n) is 11.5. The van der Waals surface area contributed by atoms with Crippen LogP contribution >= 0.6 is 11.8 Å². The second kappa shape index (κ2) is 10.1. The van der Waals surface area contributed by atoms with Gasteiger partial charge in [-0.3, -0.25) is 0 Å². The summed E-state index contributed by atoms with van der Waals surface area (Å²) in [5.74, 6) is 3.34. The van der Waals surface area contributed by atoms with Crippen molar-refractivity contribution < 1.29 is 18.9 Å². The number of ether oxygens (including phenoxy) is 4. The van der Waals surface area contributed by atoms with Crippen LogP contribution in [0.3, 0.4) is 0 Å². The lowest BCUT2D eigenvalue weighted by Gasteiger charge is -2.38. The zero-order chi connectivity index (χ0) is 29.9. The Labute approximate surface area is 257 Å². The van der Waals surface area contributed by atoms with Gasteiger partial charge in [0.05, 0.1) is 21.3 Å². The summed E-state index contributed by atoms with van der Waals surface area (Å²) in [6.45, 7) is 4.64. The summed E-state index contributed by atoms with van der Waals surface area (Å²) in [6.07, 6.45) is 6.58. The van der Waals surface area contributed by atoms with Crippen LogP contribution in [0.15, 0.2) is 95.9 Å². The van der Waals surface area contributed by atoms with Crippen molar-refractivity contribution in [2.24, 2.45) is 0 Å². The third-order valence-electron chi connectivity index (χ3n) is 9.08. The van der Waals surface area contributed by atoms with E-state index in [1.54, 1.807) is 33.1 Å². The first-order valence-corrected chi connectivity index (χ1v) is 15.6. The molecule has 1 aliphatic heterocycles. The standard InChI is InChI=1S/C38H34O4S/c1-37(2)31-10-8-7-9-27(31)34-29-21-32(41-5)33(43-6)22-30(29)36-28(35(34)37)19-20-38(42-36,23-11-15-25(39-3)16-12-23)24-13-17-26(40-4)18-14-24/h7-22H,1-6H3. The molecule has 0 atom stereocenters. The van der Waals surface area contributed by atoms with Crippen molar-refractivity contribution in [2.45, 2.75) is 29.8 Å². The molecule has 0 unspecified atom stereocenters. The molecule has 0 saturated heterocycles. The van der Waals surface area contributed by atoms with Gasteiger partial charge in [-0.05, 0) is 76.4 Å². The van der Waals surface area contributed by atoms with Crippen LogP contribution in [0, 0.1) is 0 Å². The minimum absolute atomic E-state index is 0.219. The van der Waals surface area contributed by atoms with Gasteiger partial charge in [0.25, 0.3) is 0 Å². The van der Waals surface area contributed by atoms with Crippen molar-refractivity contribution >= 4 is 28.6 Å². The maximum Gasteiger partial charge on any atom is 0.178 e. The van der Waals surface area contributed by atoms with Crippen molar-refractivity contribution in [2.75, 3.05) is 27.6 Å². The fraction of sp³-hybridized carbons (Fsp3) is 0.211. The number of rotatable bonds is 6. The number of methoxy groups -OCH3 is 3. The summed E-state index contributed by atoms with van der Waals surface area (Å²) in [5, 5.41) is 2.21. The van der Waals surface area contributed by atoms with Crippen LogP contribution in [0.1, 0.15) is 41.7 Å². The van der Waals surface area contributed by atoms with Crippen molar-refractivity contribution in [1.82, 2.24) is 0 Å². The second-order valence-corrected chi connectivity index (χ2v) is 12.4. The van der Waals surface area contributed by atoms with Gasteiger partial charge in [0.2, 0.25) is 0 Å². The molecule has 0 fully saturated rings. The zero-order valence-electron chi connectivity index (χ0n) is 25.3. The van der Waals surface area contributed by atoms with E-state index < -0.39 is 5.60 Å². The van der Waals surface area contributed by atoms with Gasteiger partial charge in [-0.1, -0.05) is 68.5 Å². The minimum atomic E-state index is -0.873. The molecule has 0 spiro atoms. The molecule has 0 N–H and O–H groups in total. The topological polar surface area (TPSA) is 36.9 Å². The van der Waals surface area contributed by atoms with E-state index in [9.17, 15) is 0 Å². The summed E-state index contributed by atoms with van der Waals surface area (Å²) in [6, 6.07) is 29.5. The molecule has 1 aliphatic carbocycles. The average molecular weight is 587 g/mol. The van der Waals surface area contributed by atoms with Crippen LogP contribution in [0.4, 0.5) is 0 Å². The van der Waals surface area contributed by atoms with Gasteiger partial charge in [-0.15, -0.1) is 11.8 Å². The van der Waals surface area contributed by atoms with Crippen molar-refractivity contribution in [3.63, 3.8) is 0 Å². The van der Waals surface area contributed by atoms with Gasteiger partial charge >= 0.3 is 0 Å². The molecule has 216 valence electrons. The predicted molar refractivity (Wildman–Crippen MR) is 176 cm³/mol. The molecule has 7 rings (SSSR count). The van der Waals surface area contributed by atoms with Gasteiger partial charge in [0, 0.05) is 32.4 Å². The molecule has 4 nitrogen and oxygen atoms in total. The van der Waals surface area contributed by atoms with Crippen LogP contribution in [0.2, 0.25) is 0 Å². The third kappa shape index (κ3) is 3.98. The Morgan fingerprint density at radius 3 is 1.93 bits per heavy atom. The maximum absolute atomic E-state index is 7.42. The molecule has 5 heteroatoms. The highest BCUT2D eigenvalue weighted by Crippen LogP contribution is 2.59. The Kier molecular flexibility index (Phi) is 6.48. The van der Waals surface area contributed by atoms with E-state index in [1.807, 2.05) is 24.3 Å². The monoisotopic (exact) mass is 586 g/mol. The molecule has 0 aromatic heterocycles. The molecule has 43 heavy (non-hydrogen) atoms. The molecular weight excluding hydrogens is 552 g/mol. The largest absolute Gasteiger partial charge is 0.497 e. The summed E-state index contributed by atoms with van der Waals surface area (Å²) in [4.78, 5) is 1.07. The van der Waals surface area contributed by atoms with Crippen molar-refractivity contribution in [3.8, 4) is 34.1 Å². The fourth-order valence-electron chi connectivity index (χ4n) is 6.93. The summed E-state index contributed by atoms with van der Waals surface area (Å²) >= 11 is 1.68. The van der Waals surface area contributed by atoms with Crippen molar-refractivity contribution in [3.05, 3.63) is 119 Å². The van der Waals surface area contributed by atoms with E-state index in [0.717, 1.165) is 55.4 Å². The van der Waals surface area contributed by atoms with E-state index in [1.165, 1.54) is 22.3 Å². The zero-order valence-corrected chi connectivity index (χ0v) is 26.1. The first-order chi connectivity index (χ1) is 20.9. The summed E-state index contributed by atoms with van der Waals surface area (Å²) < 4.78 is 24.3. The Balaban J connectivity index is 1.57. The third-order valence-corrected chi connectivity index (χ3v) is 9.84. The predicted octanol–water partition coefficient (Wildman–Crippen LogP) is 9.24. The van der Waals surface area contributed by atoms with E-state index >= 15 is 0 Å². The number of fused-ring (bicyclic) bond motifs is 8. The lowest BCUT2D eigenvalue weighted by molar-refractivity contribution is 0.163. The van der Waals surface area contributed by atoms with Crippen LogP contribution < -0.4 is 18.9 Å². The Morgan fingerprint density at radius 2 is 1.35 bits per heavy atom. The minimum Gasteiger partial charge on any atom is -0.497 e. The highest BCUT2D eigenvalue weighted by molar-refractivity contribution is 7.98. The maximum atomic E-state index is 7.42. The van der Waals surface area contributed by atoms with Gasteiger partial charge < -0.3 is 18.9 Å².